The summed E-state index contributed by atoms with van der Waals surface area (Å²) in [5, 5.41) is 4.73. The summed E-state index contributed by atoms with van der Waals surface area (Å²) in [5.74, 6) is 1.01. The van der Waals surface area contributed by atoms with Gasteiger partial charge in [-0.1, -0.05) is 24.3 Å². The van der Waals surface area contributed by atoms with Crippen molar-refractivity contribution in [2.75, 3.05) is 5.32 Å². The van der Waals surface area contributed by atoms with Crippen molar-refractivity contribution in [3.8, 4) is 0 Å². The van der Waals surface area contributed by atoms with Gasteiger partial charge in [-0.3, -0.25) is 0 Å². The van der Waals surface area contributed by atoms with Crippen LogP contribution in [-0.2, 0) is 0 Å². The standard InChI is InChI=1S/C19H21NO/c1-12-9-10-16(11-13(12)2)20-15(4)19-14(3)17-7-5-6-8-18(17)21-19/h5-11,15,20H,1-4H3. The van der Waals surface area contributed by atoms with Crippen LogP contribution in [0.5, 0.6) is 0 Å². The Kier molecular flexibility index (Phi) is 3.46. The van der Waals surface area contributed by atoms with Crippen molar-refractivity contribution in [3.05, 3.63) is 64.9 Å². The molecule has 2 aromatic carbocycles. The summed E-state index contributed by atoms with van der Waals surface area (Å²) in [7, 11) is 0. The first-order chi connectivity index (χ1) is 10.1. The zero-order valence-corrected chi connectivity index (χ0v) is 13.0. The molecule has 0 saturated carbocycles. The molecule has 0 aliphatic carbocycles. The minimum atomic E-state index is 0.138. The van der Waals surface area contributed by atoms with E-state index >= 15 is 0 Å². The van der Waals surface area contributed by atoms with Crippen molar-refractivity contribution in [2.24, 2.45) is 0 Å². The van der Waals surface area contributed by atoms with Crippen molar-refractivity contribution in [1.82, 2.24) is 0 Å². The molecule has 1 aromatic heterocycles. The van der Waals surface area contributed by atoms with Gasteiger partial charge in [-0.15, -0.1) is 0 Å². The fraction of sp³-hybridized carbons (Fsp3) is 0.263. The Labute approximate surface area is 125 Å². The van der Waals surface area contributed by atoms with Crippen molar-refractivity contribution in [2.45, 2.75) is 33.7 Å². The summed E-state index contributed by atoms with van der Waals surface area (Å²) in [6.45, 7) is 8.53. The number of para-hydroxylation sites is 1. The Hall–Kier alpha value is -2.22. The molecule has 0 amide bonds. The molecule has 1 atom stereocenters. The first-order valence-electron chi connectivity index (χ1n) is 7.38. The SMILES string of the molecule is Cc1ccc(NC(C)c2oc3ccccc3c2C)cc1C. The molecule has 0 saturated heterocycles. The van der Waals surface area contributed by atoms with Crippen molar-refractivity contribution in [1.29, 1.82) is 0 Å². The Bertz CT molecular complexity index is 785. The van der Waals surface area contributed by atoms with Gasteiger partial charge in [-0.2, -0.15) is 0 Å². The Morgan fingerprint density at radius 3 is 2.43 bits per heavy atom. The van der Waals surface area contributed by atoms with Gasteiger partial charge >= 0.3 is 0 Å². The van der Waals surface area contributed by atoms with Crippen molar-refractivity contribution in [3.63, 3.8) is 0 Å². The molecule has 0 spiro atoms. The highest BCUT2D eigenvalue weighted by Crippen LogP contribution is 2.31. The number of furan rings is 1. The molecule has 1 unspecified atom stereocenters. The van der Waals surface area contributed by atoms with E-state index in [1.54, 1.807) is 0 Å². The molecular weight excluding hydrogens is 258 g/mol. The molecular formula is C19H21NO. The normalized spacial score (nSPS) is 12.6. The second-order valence-electron chi connectivity index (χ2n) is 5.75. The number of anilines is 1. The monoisotopic (exact) mass is 279 g/mol. The molecule has 1 heterocycles. The summed E-state index contributed by atoms with van der Waals surface area (Å²) in [6.07, 6.45) is 0. The molecule has 1 N–H and O–H groups in total. The molecule has 0 aliphatic rings. The van der Waals surface area contributed by atoms with E-state index in [0.717, 1.165) is 17.0 Å². The predicted molar refractivity (Wildman–Crippen MR) is 88.9 cm³/mol. The number of rotatable bonds is 3. The van der Waals surface area contributed by atoms with Crippen molar-refractivity contribution >= 4 is 16.7 Å². The van der Waals surface area contributed by atoms with Crippen LogP contribution in [0, 0.1) is 20.8 Å². The molecule has 0 radical (unpaired) electrons. The first-order valence-corrected chi connectivity index (χ1v) is 7.38. The summed E-state index contributed by atoms with van der Waals surface area (Å²) in [6, 6.07) is 14.8. The summed E-state index contributed by atoms with van der Waals surface area (Å²) in [4.78, 5) is 0. The third kappa shape index (κ3) is 2.54. The van der Waals surface area contributed by atoms with E-state index < -0.39 is 0 Å². The average Bonchev–Trinajstić information content (AvgIpc) is 2.81. The number of benzene rings is 2. The van der Waals surface area contributed by atoms with Gasteiger partial charge in [0.1, 0.15) is 11.3 Å². The van der Waals surface area contributed by atoms with Crippen molar-refractivity contribution < 1.29 is 4.42 Å². The lowest BCUT2D eigenvalue weighted by molar-refractivity contribution is 0.522. The lowest BCUT2D eigenvalue weighted by Crippen LogP contribution is -2.07. The van der Waals surface area contributed by atoms with Crippen LogP contribution in [0.1, 0.15) is 35.4 Å². The number of aryl methyl sites for hydroxylation is 3. The van der Waals surface area contributed by atoms with Crippen LogP contribution in [0.15, 0.2) is 46.9 Å². The van der Waals surface area contributed by atoms with Gasteiger partial charge in [0, 0.05) is 16.6 Å². The van der Waals surface area contributed by atoms with Crippen LogP contribution < -0.4 is 5.32 Å². The fourth-order valence-electron chi connectivity index (χ4n) is 2.75. The molecule has 0 fully saturated rings. The van der Waals surface area contributed by atoms with Crippen LogP contribution in [0.3, 0.4) is 0 Å². The predicted octanol–water partition coefficient (Wildman–Crippen LogP) is 5.53. The minimum absolute atomic E-state index is 0.138. The summed E-state index contributed by atoms with van der Waals surface area (Å²) >= 11 is 0. The van der Waals surface area contributed by atoms with E-state index in [9.17, 15) is 0 Å². The van der Waals surface area contributed by atoms with Gasteiger partial charge in [0.25, 0.3) is 0 Å². The maximum atomic E-state index is 6.02. The van der Waals surface area contributed by atoms with E-state index in [0.29, 0.717) is 0 Å². The molecule has 3 aromatic rings. The van der Waals surface area contributed by atoms with Crippen LogP contribution >= 0.6 is 0 Å². The number of fused-ring (bicyclic) bond motifs is 1. The molecule has 21 heavy (non-hydrogen) atoms. The van der Waals surface area contributed by atoms with Gasteiger partial charge in [0.2, 0.25) is 0 Å². The summed E-state index contributed by atoms with van der Waals surface area (Å²) < 4.78 is 6.02. The topological polar surface area (TPSA) is 25.2 Å². The maximum Gasteiger partial charge on any atom is 0.134 e. The highest BCUT2D eigenvalue weighted by Gasteiger charge is 2.16. The third-order valence-electron chi connectivity index (χ3n) is 4.16. The van der Waals surface area contributed by atoms with Gasteiger partial charge in [-0.05, 0) is 57.0 Å². The third-order valence-corrected chi connectivity index (χ3v) is 4.16. The average molecular weight is 279 g/mol. The lowest BCUT2D eigenvalue weighted by atomic mass is 10.1. The van der Waals surface area contributed by atoms with E-state index in [-0.39, 0.29) is 6.04 Å². The Morgan fingerprint density at radius 1 is 0.952 bits per heavy atom. The van der Waals surface area contributed by atoms with Gasteiger partial charge in [0.15, 0.2) is 0 Å². The molecule has 0 aliphatic heterocycles. The smallest absolute Gasteiger partial charge is 0.134 e. The molecule has 2 nitrogen and oxygen atoms in total. The van der Waals surface area contributed by atoms with Gasteiger partial charge < -0.3 is 9.73 Å². The quantitative estimate of drug-likeness (QED) is 0.681. The van der Waals surface area contributed by atoms with Crippen LogP contribution in [0.25, 0.3) is 11.0 Å². The molecule has 3 rings (SSSR count). The van der Waals surface area contributed by atoms with Crippen LogP contribution in [0.4, 0.5) is 5.69 Å². The van der Waals surface area contributed by atoms with Crippen LogP contribution in [0.2, 0.25) is 0 Å². The highest BCUT2D eigenvalue weighted by molar-refractivity contribution is 5.82. The van der Waals surface area contributed by atoms with Gasteiger partial charge in [0.05, 0.1) is 6.04 Å². The van der Waals surface area contributed by atoms with E-state index in [2.05, 4.69) is 63.3 Å². The first kappa shape index (κ1) is 13.7. The fourth-order valence-corrected chi connectivity index (χ4v) is 2.75. The van der Waals surface area contributed by atoms with E-state index in [1.807, 2.05) is 12.1 Å². The lowest BCUT2D eigenvalue weighted by Gasteiger charge is -2.15. The number of nitrogens with one attached hydrogen (secondary N) is 1. The van der Waals surface area contributed by atoms with E-state index in [4.69, 9.17) is 4.42 Å². The minimum Gasteiger partial charge on any atom is -0.459 e. The largest absolute Gasteiger partial charge is 0.459 e. The molecule has 2 heteroatoms. The molecule has 108 valence electrons. The highest BCUT2D eigenvalue weighted by atomic mass is 16.3. The second kappa shape index (κ2) is 5.28. The molecule has 0 bridgehead atoms. The van der Waals surface area contributed by atoms with Crippen LogP contribution in [-0.4, -0.2) is 0 Å². The van der Waals surface area contributed by atoms with E-state index in [1.165, 1.54) is 22.1 Å². The number of hydrogen-bond donors (Lipinski definition) is 1. The zero-order valence-electron chi connectivity index (χ0n) is 13.0. The summed E-state index contributed by atoms with van der Waals surface area (Å²) in [5.41, 5.74) is 5.92. The zero-order chi connectivity index (χ0) is 15.0. The second-order valence-corrected chi connectivity index (χ2v) is 5.75. The Balaban J connectivity index is 1.91. The Morgan fingerprint density at radius 2 is 1.71 bits per heavy atom. The number of hydrogen-bond acceptors (Lipinski definition) is 2. The maximum absolute atomic E-state index is 6.02. The van der Waals surface area contributed by atoms with Gasteiger partial charge in [-0.25, -0.2) is 0 Å².